The van der Waals surface area contributed by atoms with Crippen LogP contribution in [0.3, 0.4) is 0 Å². The Kier molecular flexibility index (Phi) is 2.63. The first-order valence-corrected chi connectivity index (χ1v) is 6.06. The first kappa shape index (κ1) is 11.3. The summed E-state index contributed by atoms with van der Waals surface area (Å²) in [6, 6.07) is 6.54. The first-order chi connectivity index (χ1) is 8.69. The highest BCUT2D eigenvalue weighted by atomic mass is 16.6. The lowest BCUT2D eigenvalue weighted by Gasteiger charge is -2.37. The van der Waals surface area contributed by atoms with Crippen molar-refractivity contribution in [2.45, 2.75) is 18.4 Å². The van der Waals surface area contributed by atoms with Gasteiger partial charge in [-0.25, -0.2) is 4.79 Å². The molecule has 2 aliphatic heterocycles. The smallest absolute Gasteiger partial charge is 0.414 e. The van der Waals surface area contributed by atoms with Gasteiger partial charge in [0.15, 0.2) is 0 Å². The first-order valence-electron chi connectivity index (χ1n) is 6.06. The highest BCUT2D eigenvalue weighted by molar-refractivity contribution is 5.88. The number of anilines is 1. The molecule has 1 N–H and O–H groups in total. The Morgan fingerprint density at radius 2 is 2.00 bits per heavy atom. The zero-order valence-corrected chi connectivity index (χ0v) is 9.96. The van der Waals surface area contributed by atoms with Crippen LogP contribution < -0.4 is 4.90 Å². The molecule has 1 unspecified atom stereocenters. The van der Waals surface area contributed by atoms with Gasteiger partial charge in [0.1, 0.15) is 11.4 Å². The molecular formula is C13H15NO4. The number of nitrogens with zero attached hydrogens (tertiary/aromatic N) is 1. The Balaban J connectivity index is 1.76. The van der Waals surface area contributed by atoms with Gasteiger partial charge >= 0.3 is 6.09 Å². The minimum atomic E-state index is -0.412. The van der Waals surface area contributed by atoms with E-state index >= 15 is 0 Å². The van der Waals surface area contributed by atoms with Gasteiger partial charge in [0, 0.05) is 25.1 Å². The van der Waals surface area contributed by atoms with Gasteiger partial charge in [0.25, 0.3) is 0 Å². The number of phenolic OH excluding ortho intramolecular Hbond substituents is 1. The highest BCUT2D eigenvalue weighted by Crippen LogP contribution is 2.33. The number of carbonyl (C=O) groups excluding carboxylic acids is 1. The van der Waals surface area contributed by atoms with Crippen LogP contribution >= 0.6 is 0 Å². The number of rotatable bonds is 1. The predicted molar refractivity (Wildman–Crippen MR) is 64.7 cm³/mol. The maximum atomic E-state index is 12.0. The molecule has 96 valence electrons. The molecule has 5 heteroatoms. The summed E-state index contributed by atoms with van der Waals surface area (Å²) in [5.41, 5.74) is 0.330. The van der Waals surface area contributed by atoms with E-state index in [-0.39, 0.29) is 11.8 Å². The molecule has 0 bridgehead atoms. The van der Waals surface area contributed by atoms with Crippen molar-refractivity contribution in [3.05, 3.63) is 24.3 Å². The molecule has 2 heterocycles. The summed E-state index contributed by atoms with van der Waals surface area (Å²) < 4.78 is 10.8. The maximum absolute atomic E-state index is 12.0. The van der Waals surface area contributed by atoms with Crippen LogP contribution in [0.5, 0.6) is 5.75 Å². The van der Waals surface area contributed by atoms with Gasteiger partial charge < -0.3 is 14.6 Å². The molecule has 1 aromatic carbocycles. The third-order valence-corrected chi connectivity index (χ3v) is 3.54. The van der Waals surface area contributed by atoms with Crippen molar-refractivity contribution in [1.82, 2.24) is 0 Å². The number of phenols is 1. The fraction of sp³-hybridized carbons (Fsp3) is 0.462. The van der Waals surface area contributed by atoms with E-state index in [1.54, 1.807) is 29.2 Å². The van der Waals surface area contributed by atoms with Crippen LogP contribution in [0.1, 0.15) is 12.8 Å². The molecule has 18 heavy (non-hydrogen) atoms. The van der Waals surface area contributed by atoms with Gasteiger partial charge in [-0.3, -0.25) is 4.90 Å². The second-order valence-electron chi connectivity index (χ2n) is 4.77. The van der Waals surface area contributed by atoms with E-state index in [4.69, 9.17) is 9.47 Å². The Bertz CT molecular complexity index is 451. The minimum Gasteiger partial charge on any atom is -0.508 e. The highest BCUT2D eigenvalue weighted by Gasteiger charge is 2.44. The van der Waals surface area contributed by atoms with Gasteiger partial charge in [-0.1, -0.05) is 0 Å². The van der Waals surface area contributed by atoms with E-state index in [9.17, 15) is 9.90 Å². The molecule has 1 atom stereocenters. The molecule has 2 aliphatic rings. The average molecular weight is 249 g/mol. The molecule has 5 nitrogen and oxygen atoms in total. The summed E-state index contributed by atoms with van der Waals surface area (Å²) in [6.45, 7) is 1.78. The molecule has 1 aromatic rings. The summed E-state index contributed by atoms with van der Waals surface area (Å²) in [4.78, 5) is 13.6. The zero-order valence-electron chi connectivity index (χ0n) is 9.96. The van der Waals surface area contributed by atoms with Gasteiger partial charge in [-0.05, 0) is 24.3 Å². The fourth-order valence-corrected chi connectivity index (χ4v) is 2.43. The monoisotopic (exact) mass is 249 g/mol. The Hall–Kier alpha value is -1.75. The summed E-state index contributed by atoms with van der Waals surface area (Å²) >= 11 is 0. The standard InChI is InChI=1S/C13H15NO4/c15-11-3-1-10(2-4-11)14-7-5-13(18-12(14)16)6-8-17-9-13/h1-4,15H,5-9H2. The van der Waals surface area contributed by atoms with Gasteiger partial charge in [0.05, 0.1) is 13.2 Å². The molecule has 0 radical (unpaired) electrons. The molecule has 2 saturated heterocycles. The number of aromatic hydroxyl groups is 1. The number of hydrogen-bond acceptors (Lipinski definition) is 4. The van der Waals surface area contributed by atoms with Crippen molar-refractivity contribution in [2.24, 2.45) is 0 Å². The summed E-state index contributed by atoms with van der Waals surface area (Å²) in [5, 5.41) is 9.24. The Morgan fingerprint density at radius 3 is 2.61 bits per heavy atom. The Morgan fingerprint density at radius 1 is 1.22 bits per heavy atom. The van der Waals surface area contributed by atoms with Crippen LogP contribution in [0.4, 0.5) is 10.5 Å². The summed E-state index contributed by atoms with van der Waals surface area (Å²) in [7, 11) is 0. The minimum absolute atomic E-state index is 0.185. The van der Waals surface area contributed by atoms with Gasteiger partial charge in [-0.15, -0.1) is 0 Å². The topological polar surface area (TPSA) is 59.0 Å². The van der Waals surface area contributed by atoms with Crippen molar-refractivity contribution in [3.63, 3.8) is 0 Å². The molecule has 3 rings (SSSR count). The van der Waals surface area contributed by atoms with Crippen molar-refractivity contribution in [1.29, 1.82) is 0 Å². The quantitative estimate of drug-likeness (QED) is 0.825. The van der Waals surface area contributed by atoms with E-state index in [1.165, 1.54) is 0 Å². The van der Waals surface area contributed by atoms with Crippen LogP contribution in [0, 0.1) is 0 Å². The molecule has 0 aliphatic carbocycles. The second-order valence-corrected chi connectivity index (χ2v) is 4.77. The lowest BCUT2D eigenvalue weighted by Crippen LogP contribution is -2.50. The van der Waals surface area contributed by atoms with Crippen LogP contribution in [0.2, 0.25) is 0 Å². The maximum Gasteiger partial charge on any atom is 0.414 e. The molecule has 2 fully saturated rings. The largest absolute Gasteiger partial charge is 0.508 e. The fourth-order valence-electron chi connectivity index (χ4n) is 2.43. The third kappa shape index (κ3) is 1.90. The number of ether oxygens (including phenoxy) is 2. The SMILES string of the molecule is O=C1OC2(CCOC2)CCN1c1ccc(O)cc1. The second kappa shape index (κ2) is 4.17. The van der Waals surface area contributed by atoms with E-state index in [0.29, 0.717) is 19.8 Å². The number of carbonyl (C=O) groups is 1. The predicted octanol–water partition coefficient (Wildman–Crippen LogP) is 1.90. The lowest BCUT2D eigenvalue weighted by molar-refractivity contribution is -0.0111. The molecular weight excluding hydrogens is 234 g/mol. The van der Waals surface area contributed by atoms with Crippen LogP contribution in [0.25, 0.3) is 0 Å². The van der Waals surface area contributed by atoms with Crippen molar-refractivity contribution < 1.29 is 19.4 Å². The van der Waals surface area contributed by atoms with E-state index in [1.807, 2.05) is 0 Å². The Labute approximate surface area is 105 Å². The lowest BCUT2D eigenvalue weighted by atomic mass is 9.97. The number of hydrogen-bond donors (Lipinski definition) is 1. The normalized spacial score (nSPS) is 27.6. The van der Waals surface area contributed by atoms with E-state index in [2.05, 4.69) is 0 Å². The third-order valence-electron chi connectivity index (χ3n) is 3.54. The zero-order chi connectivity index (χ0) is 12.6. The van der Waals surface area contributed by atoms with E-state index < -0.39 is 5.60 Å². The van der Waals surface area contributed by atoms with E-state index in [0.717, 1.165) is 18.5 Å². The number of benzene rings is 1. The summed E-state index contributed by atoms with van der Waals surface area (Å²) in [5.74, 6) is 0.185. The molecule has 1 spiro atoms. The van der Waals surface area contributed by atoms with Crippen LogP contribution in [0.15, 0.2) is 24.3 Å². The molecule has 1 amide bonds. The van der Waals surface area contributed by atoms with Gasteiger partial charge in [0.2, 0.25) is 0 Å². The van der Waals surface area contributed by atoms with Crippen LogP contribution in [-0.2, 0) is 9.47 Å². The van der Waals surface area contributed by atoms with Gasteiger partial charge in [-0.2, -0.15) is 0 Å². The van der Waals surface area contributed by atoms with Crippen LogP contribution in [-0.4, -0.2) is 36.6 Å². The molecule has 0 saturated carbocycles. The number of amides is 1. The van der Waals surface area contributed by atoms with Crippen molar-refractivity contribution in [3.8, 4) is 5.75 Å². The van der Waals surface area contributed by atoms with Crippen molar-refractivity contribution >= 4 is 11.8 Å². The van der Waals surface area contributed by atoms with Crippen molar-refractivity contribution in [2.75, 3.05) is 24.7 Å². The molecule has 0 aromatic heterocycles. The average Bonchev–Trinajstić information content (AvgIpc) is 2.79. The summed E-state index contributed by atoms with van der Waals surface area (Å²) in [6.07, 6.45) is 1.22.